The number of rotatable bonds is 7. The molecule has 0 radical (unpaired) electrons. The van der Waals surface area contributed by atoms with E-state index in [-0.39, 0.29) is 5.56 Å². The zero-order valence-electron chi connectivity index (χ0n) is 15.0. The molecule has 0 aliphatic heterocycles. The van der Waals surface area contributed by atoms with Gasteiger partial charge in [-0.2, -0.15) is 0 Å². The molecule has 3 aromatic rings. The minimum atomic E-state index is -0.0671. The number of hydrogen-bond donors (Lipinski definition) is 0. The zero-order valence-corrected chi connectivity index (χ0v) is 15.7. The fraction of sp³-hybridized carbons (Fsp3) is 0.273. The van der Waals surface area contributed by atoms with E-state index in [1.165, 1.54) is 19.3 Å². The maximum Gasteiger partial charge on any atom is 0.260 e. The lowest BCUT2D eigenvalue weighted by Crippen LogP contribution is -2.22. The first-order valence-electron chi connectivity index (χ1n) is 9.11. The molecule has 0 saturated carbocycles. The third kappa shape index (κ3) is 4.05. The van der Waals surface area contributed by atoms with E-state index < -0.39 is 0 Å². The number of pyridine rings is 2. The Morgan fingerprint density at radius 3 is 2.73 bits per heavy atom. The van der Waals surface area contributed by atoms with Crippen molar-refractivity contribution in [1.29, 1.82) is 0 Å². The van der Waals surface area contributed by atoms with Crippen LogP contribution in [0, 0.1) is 0 Å². The molecule has 0 aliphatic carbocycles. The molecule has 0 atom stereocenters. The Morgan fingerprint density at radius 2 is 1.92 bits per heavy atom. The second kappa shape index (κ2) is 8.81. The molecule has 0 saturated heterocycles. The lowest BCUT2D eigenvalue weighted by Gasteiger charge is -2.11. The van der Waals surface area contributed by atoms with E-state index in [1.807, 2.05) is 42.5 Å². The van der Waals surface area contributed by atoms with Gasteiger partial charge in [-0.15, -0.1) is 0 Å². The highest BCUT2D eigenvalue weighted by atomic mass is 35.5. The smallest absolute Gasteiger partial charge is 0.260 e. The Labute approximate surface area is 159 Å². The lowest BCUT2D eigenvalue weighted by molar-refractivity contribution is 0.725. The van der Waals surface area contributed by atoms with Gasteiger partial charge in [0.2, 0.25) is 0 Å². The van der Waals surface area contributed by atoms with Crippen LogP contribution >= 0.6 is 11.6 Å². The molecule has 0 unspecified atom stereocenters. The van der Waals surface area contributed by atoms with Crippen LogP contribution in [0.15, 0.2) is 65.6 Å². The van der Waals surface area contributed by atoms with Gasteiger partial charge in [0.25, 0.3) is 5.56 Å². The first-order valence-corrected chi connectivity index (χ1v) is 9.48. The Morgan fingerprint density at radius 1 is 1.08 bits per heavy atom. The number of nitrogens with zero attached hydrogens (tertiary/aromatic N) is 2. The van der Waals surface area contributed by atoms with Crippen LogP contribution in [0.4, 0.5) is 0 Å². The molecule has 4 heteroatoms. The van der Waals surface area contributed by atoms with Gasteiger partial charge < -0.3 is 0 Å². The van der Waals surface area contributed by atoms with Crippen LogP contribution in [0.25, 0.3) is 22.2 Å². The second-order valence-corrected chi connectivity index (χ2v) is 6.74. The van der Waals surface area contributed by atoms with E-state index in [0.717, 1.165) is 17.4 Å². The molecule has 2 heterocycles. The van der Waals surface area contributed by atoms with Gasteiger partial charge in [0.15, 0.2) is 0 Å². The van der Waals surface area contributed by atoms with Crippen LogP contribution in [0.5, 0.6) is 0 Å². The van der Waals surface area contributed by atoms with Crippen molar-refractivity contribution >= 4 is 22.6 Å². The summed E-state index contributed by atoms with van der Waals surface area (Å²) < 4.78 is 1.73. The molecule has 26 heavy (non-hydrogen) atoms. The van der Waals surface area contributed by atoms with Gasteiger partial charge in [-0.3, -0.25) is 9.36 Å². The summed E-state index contributed by atoms with van der Waals surface area (Å²) in [4.78, 5) is 17.6. The number of aromatic nitrogens is 2. The molecule has 0 aliphatic rings. The van der Waals surface area contributed by atoms with E-state index >= 15 is 0 Å². The first-order chi connectivity index (χ1) is 12.7. The van der Waals surface area contributed by atoms with E-state index in [4.69, 9.17) is 11.6 Å². The Balaban J connectivity index is 2.02. The molecule has 0 fully saturated rings. The fourth-order valence-electron chi connectivity index (χ4n) is 3.06. The number of fused-ring (bicyclic) bond motifs is 1. The Hall–Kier alpha value is -2.39. The third-order valence-electron chi connectivity index (χ3n) is 4.44. The maximum absolute atomic E-state index is 13.1. The van der Waals surface area contributed by atoms with Crippen LogP contribution in [0.3, 0.4) is 0 Å². The predicted molar refractivity (Wildman–Crippen MR) is 110 cm³/mol. The summed E-state index contributed by atoms with van der Waals surface area (Å²) in [6.07, 6.45) is 10.6. The summed E-state index contributed by atoms with van der Waals surface area (Å²) in [6, 6.07) is 13.2. The van der Waals surface area contributed by atoms with Crippen LogP contribution in [0.1, 0.15) is 32.6 Å². The summed E-state index contributed by atoms with van der Waals surface area (Å²) >= 11 is 6.33. The van der Waals surface area contributed by atoms with Crippen LogP contribution < -0.4 is 5.56 Å². The molecule has 0 N–H and O–H groups in total. The third-order valence-corrected chi connectivity index (χ3v) is 4.77. The second-order valence-electron chi connectivity index (χ2n) is 6.34. The van der Waals surface area contributed by atoms with Crippen molar-refractivity contribution in [3.63, 3.8) is 0 Å². The van der Waals surface area contributed by atoms with Crippen molar-refractivity contribution in [1.82, 2.24) is 9.55 Å². The first kappa shape index (κ1) is 18.4. The SMILES string of the molecule is CCCCCC=CCn1c(=O)c(-c2ccccc2Cl)cc2cccnc21. The molecular weight excluding hydrogens is 344 g/mol. The molecular formula is C22H23ClN2O. The van der Waals surface area contributed by atoms with Gasteiger partial charge in [-0.05, 0) is 37.1 Å². The van der Waals surface area contributed by atoms with Crippen LogP contribution in [-0.2, 0) is 6.54 Å². The zero-order chi connectivity index (χ0) is 18.4. The quantitative estimate of drug-likeness (QED) is 0.388. The molecule has 3 nitrogen and oxygen atoms in total. The number of hydrogen-bond acceptors (Lipinski definition) is 2. The summed E-state index contributed by atoms with van der Waals surface area (Å²) in [6.45, 7) is 2.71. The van der Waals surface area contributed by atoms with Crippen LogP contribution in [0.2, 0.25) is 5.02 Å². The summed E-state index contributed by atoms with van der Waals surface area (Å²) in [5.41, 5.74) is 2.00. The standard InChI is InChI=1S/C22H23ClN2O/c1-2-3-4-5-6-9-15-25-21-17(11-10-14-24-21)16-19(22(25)26)18-12-7-8-13-20(18)23/h6-14,16H,2-5,15H2,1H3. The monoisotopic (exact) mass is 366 g/mol. The summed E-state index contributed by atoms with van der Waals surface area (Å²) in [5, 5.41) is 1.51. The minimum absolute atomic E-state index is 0.0671. The van der Waals surface area contributed by atoms with Crippen molar-refractivity contribution < 1.29 is 0 Å². The average Bonchev–Trinajstić information content (AvgIpc) is 2.66. The molecule has 0 bridgehead atoms. The van der Waals surface area contributed by atoms with Gasteiger partial charge in [0.1, 0.15) is 5.65 Å². The van der Waals surface area contributed by atoms with Crippen molar-refractivity contribution in [2.75, 3.05) is 0 Å². The highest BCUT2D eigenvalue weighted by Gasteiger charge is 2.13. The van der Waals surface area contributed by atoms with Gasteiger partial charge in [0.05, 0.1) is 0 Å². The van der Waals surface area contributed by atoms with Crippen molar-refractivity contribution in [3.8, 4) is 11.1 Å². The summed E-state index contributed by atoms with van der Waals surface area (Å²) in [5.74, 6) is 0. The maximum atomic E-state index is 13.1. The predicted octanol–water partition coefficient (Wildman–Crippen LogP) is 5.85. The fourth-order valence-corrected chi connectivity index (χ4v) is 3.30. The van der Waals surface area contributed by atoms with Gasteiger partial charge in [-0.25, -0.2) is 4.98 Å². The molecule has 2 aromatic heterocycles. The number of unbranched alkanes of at least 4 members (excludes halogenated alkanes) is 3. The molecule has 134 valence electrons. The highest BCUT2D eigenvalue weighted by molar-refractivity contribution is 6.33. The summed E-state index contributed by atoms with van der Waals surface area (Å²) in [7, 11) is 0. The molecule has 0 amide bonds. The highest BCUT2D eigenvalue weighted by Crippen LogP contribution is 2.27. The van der Waals surface area contributed by atoms with Crippen molar-refractivity contribution in [2.24, 2.45) is 0 Å². The van der Waals surface area contributed by atoms with Gasteiger partial charge >= 0.3 is 0 Å². The number of allylic oxidation sites excluding steroid dienone is 2. The molecule has 1 aromatic carbocycles. The molecule has 0 spiro atoms. The average molecular weight is 367 g/mol. The van der Waals surface area contributed by atoms with Gasteiger partial charge in [0, 0.05) is 34.3 Å². The number of halogens is 1. The lowest BCUT2D eigenvalue weighted by atomic mass is 10.1. The van der Waals surface area contributed by atoms with E-state index in [9.17, 15) is 4.79 Å². The molecule has 3 rings (SSSR count). The van der Waals surface area contributed by atoms with E-state index in [1.54, 1.807) is 10.8 Å². The van der Waals surface area contributed by atoms with E-state index in [2.05, 4.69) is 24.1 Å². The Kier molecular flexibility index (Phi) is 6.24. The van der Waals surface area contributed by atoms with Gasteiger partial charge in [-0.1, -0.05) is 61.7 Å². The Bertz CT molecular complexity index is 975. The van der Waals surface area contributed by atoms with Crippen LogP contribution in [-0.4, -0.2) is 9.55 Å². The van der Waals surface area contributed by atoms with Crippen molar-refractivity contribution in [3.05, 3.63) is 76.2 Å². The largest absolute Gasteiger partial charge is 0.288 e. The normalized spacial score (nSPS) is 11.5. The number of benzene rings is 1. The topological polar surface area (TPSA) is 34.9 Å². The minimum Gasteiger partial charge on any atom is -0.288 e. The van der Waals surface area contributed by atoms with E-state index in [0.29, 0.717) is 22.8 Å². The van der Waals surface area contributed by atoms with Crippen molar-refractivity contribution in [2.45, 2.75) is 39.2 Å².